The molecule has 1 aromatic carbocycles. The number of anilines is 1. The molecule has 5 rings (SSSR count). The maximum absolute atomic E-state index is 11.3. The smallest absolute Gasteiger partial charge is 0.220 e. The molecule has 0 spiro atoms. The number of ether oxygens (including phenoxy) is 2. The van der Waals surface area contributed by atoms with Gasteiger partial charge in [0.05, 0.1) is 18.5 Å². The molecule has 0 bridgehead atoms. The molecule has 2 saturated heterocycles. The van der Waals surface area contributed by atoms with Crippen LogP contribution in [-0.4, -0.2) is 91.7 Å². The van der Waals surface area contributed by atoms with Gasteiger partial charge < -0.3 is 19.7 Å². The number of hydrogen-bond donors (Lipinski definition) is 1. The van der Waals surface area contributed by atoms with Gasteiger partial charge in [0.15, 0.2) is 0 Å². The van der Waals surface area contributed by atoms with Crippen LogP contribution in [0.15, 0.2) is 48.7 Å². The van der Waals surface area contributed by atoms with Crippen molar-refractivity contribution in [2.24, 2.45) is 5.92 Å². The summed E-state index contributed by atoms with van der Waals surface area (Å²) in [5.41, 5.74) is 2.66. The number of amides is 1. The molecule has 0 radical (unpaired) electrons. The van der Waals surface area contributed by atoms with Crippen molar-refractivity contribution in [2.45, 2.75) is 26.3 Å². The highest BCUT2D eigenvalue weighted by Crippen LogP contribution is 2.31. The van der Waals surface area contributed by atoms with E-state index in [1.165, 1.54) is 0 Å². The van der Waals surface area contributed by atoms with Crippen molar-refractivity contribution >= 4 is 34.9 Å². The molecular formula is C32H40Cl2N6O3. The normalized spacial score (nSPS) is 16.8. The van der Waals surface area contributed by atoms with Crippen molar-refractivity contribution in [3.63, 3.8) is 0 Å². The second kappa shape index (κ2) is 15.2. The van der Waals surface area contributed by atoms with E-state index in [2.05, 4.69) is 26.1 Å². The third-order valence-corrected chi connectivity index (χ3v) is 8.46. The quantitative estimate of drug-likeness (QED) is 0.305. The van der Waals surface area contributed by atoms with E-state index in [4.69, 9.17) is 42.6 Å². The molecule has 2 aliphatic rings. The highest BCUT2D eigenvalue weighted by Gasteiger charge is 2.21. The number of likely N-dealkylation sites (tertiary alicyclic amines) is 1. The van der Waals surface area contributed by atoms with E-state index in [0.29, 0.717) is 27.6 Å². The summed E-state index contributed by atoms with van der Waals surface area (Å²) in [6, 6.07) is 13.5. The molecule has 2 aromatic heterocycles. The number of carbonyl (C=O) groups excluding carboxylic acids is 1. The van der Waals surface area contributed by atoms with Crippen LogP contribution in [0.25, 0.3) is 11.3 Å². The van der Waals surface area contributed by atoms with Gasteiger partial charge in [0.25, 0.3) is 0 Å². The van der Waals surface area contributed by atoms with Crippen molar-refractivity contribution in [3.8, 4) is 22.9 Å². The van der Waals surface area contributed by atoms with Gasteiger partial charge in [0, 0.05) is 81.5 Å². The molecule has 1 N–H and O–H groups in total. The molecule has 2 aliphatic heterocycles. The minimum absolute atomic E-state index is 0.0294. The molecule has 0 aliphatic carbocycles. The Balaban J connectivity index is 1.28. The van der Waals surface area contributed by atoms with Crippen molar-refractivity contribution in [3.05, 3.63) is 64.3 Å². The maximum Gasteiger partial charge on any atom is 0.220 e. The summed E-state index contributed by atoms with van der Waals surface area (Å²) in [5, 5.41) is 4.06. The number of methoxy groups -OCH3 is 1. The molecule has 0 unspecified atom stereocenters. The van der Waals surface area contributed by atoms with Crippen LogP contribution in [0.2, 0.25) is 10.0 Å². The number of piperazine rings is 1. The Morgan fingerprint density at radius 2 is 1.72 bits per heavy atom. The van der Waals surface area contributed by atoms with Gasteiger partial charge in [0.2, 0.25) is 11.8 Å². The zero-order chi connectivity index (χ0) is 30.2. The minimum atomic E-state index is 0.0294. The van der Waals surface area contributed by atoms with Crippen LogP contribution >= 0.6 is 23.2 Å². The van der Waals surface area contributed by atoms with Crippen molar-refractivity contribution in [1.29, 1.82) is 0 Å². The average molecular weight is 628 g/mol. The van der Waals surface area contributed by atoms with Gasteiger partial charge in [-0.15, -0.1) is 0 Å². The third kappa shape index (κ3) is 9.27. The Hall–Kier alpha value is -2.95. The molecule has 43 heavy (non-hydrogen) atoms. The lowest BCUT2D eigenvalue weighted by Gasteiger charge is -2.35. The van der Waals surface area contributed by atoms with E-state index in [1.54, 1.807) is 26.3 Å². The van der Waals surface area contributed by atoms with E-state index < -0.39 is 0 Å². The van der Waals surface area contributed by atoms with E-state index in [-0.39, 0.29) is 5.91 Å². The number of rotatable bonds is 11. The van der Waals surface area contributed by atoms with Gasteiger partial charge in [-0.2, -0.15) is 0 Å². The van der Waals surface area contributed by atoms with Crippen LogP contribution in [0.3, 0.4) is 0 Å². The van der Waals surface area contributed by atoms with E-state index in [1.807, 2.05) is 30.3 Å². The molecule has 1 amide bonds. The number of aromatic nitrogens is 2. The lowest BCUT2D eigenvalue weighted by atomic mass is 9.96. The monoisotopic (exact) mass is 626 g/mol. The molecule has 2 fully saturated rings. The van der Waals surface area contributed by atoms with Crippen LogP contribution in [-0.2, 0) is 16.1 Å². The Bertz CT molecular complexity index is 1340. The molecule has 0 saturated carbocycles. The zero-order valence-corrected chi connectivity index (χ0v) is 26.4. The Morgan fingerprint density at radius 1 is 0.977 bits per heavy atom. The van der Waals surface area contributed by atoms with Gasteiger partial charge in [-0.25, -0.2) is 9.97 Å². The summed E-state index contributed by atoms with van der Waals surface area (Å²) in [5.74, 6) is 2.60. The summed E-state index contributed by atoms with van der Waals surface area (Å²) in [4.78, 5) is 28.0. The summed E-state index contributed by atoms with van der Waals surface area (Å²) in [6.07, 6.45) is 3.86. The molecule has 4 heterocycles. The number of nitrogens with one attached hydrogen (secondary N) is 1. The highest BCUT2D eigenvalue weighted by atomic mass is 35.5. The fraction of sp³-hybridized carbons (Fsp3) is 0.469. The first kappa shape index (κ1) is 31.5. The topological polar surface area (TPSA) is 83.1 Å². The average Bonchev–Trinajstić information content (AvgIpc) is 3.00. The molecule has 11 heteroatoms. The van der Waals surface area contributed by atoms with Crippen molar-refractivity contribution in [1.82, 2.24) is 25.1 Å². The van der Waals surface area contributed by atoms with Crippen LogP contribution in [0, 0.1) is 5.92 Å². The van der Waals surface area contributed by atoms with Crippen molar-refractivity contribution in [2.75, 3.05) is 71.0 Å². The van der Waals surface area contributed by atoms with Gasteiger partial charge in [-0.1, -0.05) is 23.2 Å². The molecular weight excluding hydrogens is 587 g/mol. The SMILES string of the molecule is COCCN1CCN(c2ccc(Oc3cc(CN4CCC(CNC(C)=O)CC4)cc(-c4cc(Cl)cc(Cl)c4)n3)cn2)CC1. The summed E-state index contributed by atoms with van der Waals surface area (Å²) < 4.78 is 11.5. The Morgan fingerprint density at radius 3 is 2.37 bits per heavy atom. The number of hydrogen-bond acceptors (Lipinski definition) is 8. The number of halogens is 2. The first-order chi connectivity index (χ1) is 20.8. The number of benzene rings is 1. The number of nitrogens with zero attached hydrogens (tertiary/aromatic N) is 5. The van der Waals surface area contributed by atoms with Crippen LogP contribution < -0.4 is 15.0 Å². The standard InChI is InChI=1S/C32H40Cl2N6O3/c1-23(41)35-20-24-5-7-39(8-6-24)22-25-15-30(26-17-27(33)19-28(34)18-26)37-32(16-25)43-29-3-4-31(36-21-29)40-11-9-38(10-12-40)13-14-42-2/h3-4,15-19,21,24H,5-14,20,22H2,1-2H3,(H,35,41). The zero-order valence-electron chi connectivity index (χ0n) is 24.9. The maximum atomic E-state index is 11.3. The third-order valence-electron chi connectivity index (χ3n) is 8.02. The van der Waals surface area contributed by atoms with E-state index in [9.17, 15) is 4.79 Å². The van der Waals surface area contributed by atoms with Crippen molar-refractivity contribution < 1.29 is 14.3 Å². The summed E-state index contributed by atoms with van der Waals surface area (Å²) >= 11 is 12.7. The predicted octanol–water partition coefficient (Wildman–Crippen LogP) is 5.36. The number of pyridine rings is 2. The first-order valence-electron chi connectivity index (χ1n) is 14.9. The second-order valence-electron chi connectivity index (χ2n) is 11.3. The molecule has 0 atom stereocenters. The fourth-order valence-corrected chi connectivity index (χ4v) is 6.13. The minimum Gasteiger partial charge on any atom is -0.437 e. The second-order valence-corrected chi connectivity index (χ2v) is 12.2. The molecule has 230 valence electrons. The summed E-state index contributed by atoms with van der Waals surface area (Å²) in [6.45, 7) is 10.6. The first-order valence-corrected chi connectivity index (χ1v) is 15.6. The largest absolute Gasteiger partial charge is 0.437 e. The lowest BCUT2D eigenvalue weighted by Crippen LogP contribution is -2.47. The highest BCUT2D eigenvalue weighted by molar-refractivity contribution is 6.35. The predicted molar refractivity (Wildman–Crippen MR) is 171 cm³/mol. The van der Waals surface area contributed by atoms with E-state index in [0.717, 1.165) is 101 Å². The van der Waals surface area contributed by atoms with Crippen LogP contribution in [0.1, 0.15) is 25.3 Å². The van der Waals surface area contributed by atoms with Gasteiger partial charge in [0.1, 0.15) is 11.6 Å². The summed E-state index contributed by atoms with van der Waals surface area (Å²) in [7, 11) is 1.74. The number of piperidine rings is 1. The van der Waals surface area contributed by atoms with E-state index >= 15 is 0 Å². The lowest BCUT2D eigenvalue weighted by molar-refractivity contribution is -0.119. The van der Waals surface area contributed by atoms with Crippen LogP contribution in [0.5, 0.6) is 11.6 Å². The Labute approximate surface area is 264 Å². The molecule has 3 aromatic rings. The van der Waals surface area contributed by atoms with Gasteiger partial charge >= 0.3 is 0 Å². The fourth-order valence-electron chi connectivity index (χ4n) is 5.61. The van der Waals surface area contributed by atoms with Gasteiger partial charge in [-0.3, -0.25) is 14.6 Å². The molecule has 9 nitrogen and oxygen atoms in total. The Kier molecular flexibility index (Phi) is 11.1. The van der Waals surface area contributed by atoms with Crippen LogP contribution in [0.4, 0.5) is 5.82 Å². The van der Waals surface area contributed by atoms with Gasteiger partial charge in [-0.05, 0) is 73.8 Å². The number of carbonyl (C=O) groups is 1.